The molecule has 144 valence electrons. The number of rotatable bonds is 17. The number of esters is 1. The summed E-state index contributed by atoms with van der Waals surface area (Å²) in [6.45, 7) is 5.93. The van der Waals surface area contributed by atoms with E-state index in [9.17, 15) is 4.79 Å². The van der Waals surface area contributed by atoms with Crippen molar-refractivity contribution in [2.45, 2.75) is 117 Å². The Labute approximate surface area is 150 Å². The summed E-state index contributed by atoms with van der Waals surface area (Å²) in [7, 11) is 0. The van der Waals surface area contributed by atoms with Crippen molar-refractivity contribution in [1.82, 2.24) is 0 Å². The van der Waals surface area contributed by atoms with Crippen molar-refractivity contribution in [3.05, 3.63) is 0 Å². The van der Waals surface area contributed by atoms with E-state index in [1.54, 1.807) is 6.92 Å². The molecule has 0 radical (unpaired) electrons. The summed E-state index contributed by atoms with van der Waals surface area (Å²) in [6, 6.07) is 0. The second-order valence-electron chi connectivity index (χ2n) is 7.41. The van der Waals surface area contributed by atoms with Gasteiger partial charge in [-0.25, -0.2) is 0 Å². The number of aliphatic hydroxyl groups is 1. The average Bonchev–Trinajstić information content (AvgIpc) is 2.56. The van der Waals surface area contributed by atoms with E-state index in [0.29, 0.717) is 0 Å². The number of carbonyl (C=O) groups excluding carboxylic acids is 1. The zero-order valence-electron chi connectivity index (χ0n) is 16.5. The van der Waals surface area contributed by atoms with Crippen molar-refractivity contribution in [1.29, 1.82) is 0 Å². The molecule has 1 N–H and O–H groups in total. The Balaban J connectivity index is 3.25. The molecule has 0 bridgehead atoms. The standard InChI is InChI=1S/C21H42O3/c1-4-5-6-7-8-9-10-11-12-13-14-15-16-17-19(2)21(23)24-18-20(3)22/h19-20,22H,4-18H2,1-3H3. The van der Waals surface area contributed by atoms with Crippen LogP contribution in [0.1, 0.15) is 111 Å². The minimum Gasteiger partial charge on any atom is -0.463 e. The zero-order valence-corrected chi connectivity index (χ0v) is 16.5. The largest absolute Gasteiger partial charge is 0.463 e. The van der Waals surface area contributed by atoms with Crippen LogP contribution < -0.4 is 0 Å². The quantitative estimate of drug-likeness (QED) is 0.259. The average molecular weight is 343 g/mol. The number of hydrogen-bond acceptors (Lipinski definition) is 3. The Hall–Kier alpha value is -0.570. The van der Waals surface area contributed by atoms with Crippen LogP contribution in [0.25, 0.3) is 0 Å². The van der Waals surface area contributed by atoms with E-state index in [1.807, 2.05) is 6.92 Å². The predicted octanol–water partition coefficient (Wildman–Crippen LogP) is 6.03. The highest BCUT2D eigenvalue weighted by Gasteiger charge is 2.14. The molecule has 0 heterocycles. The van der Waals surface area contributed by atoms with E-state index < -0.39 is 6.10 Å². The van der Waals surface area contributed by atoms with E-state index in [4.69, 9.17) is 9.84 Å². The minimum absolute atomic E-state index is 0.0449. The predicted molar refractivity (Wildman–Crippen MR) is 102 cm³/mol. The maximum Gasteiger partial charge on any atom is 0.308 e. The van der Waals surface area contributed by atoms with Gasteiger partial charge in [0, 0.05) is 0 Å². The van der Waals surface area contributed by atoms with Crippen LogP contribution in [0.4, 0.5) is 0 Å². The fourth-order valence-electron chi connectivity index (χ4n) is 2.93. The lowest BCUT2D eigenvalue weighted by atomic mass is 10.0. The fraction of sp³-hybridized carbons (Fsp3) is 0.952. The molecule has 0 aromatic heterocycles. The molecular formula is C21H42O3. The summed E-state index contributed by atoms with van der Waals surface area (Å²) >= 11 is 0. The monoisotopic (exact) mass is 342 g/mol. The number of carbonyl (C=O) groups is 1. The van der Waals surface area contributed by atoms with Gasteiger partial charge in [-0.05, 0) is 13.3 Å². The SMILES string of the molecule is CCCCCCCCCCCCCCCC(C)C(=O)OCC(C)O. The molecule has 0 fully saturated rings. The van der Waals surface area contributed by atoms with Gasteiger partial charge in [0.2, 0.25) is 0 Å². The Morgan fingerprint density at radius 2 is 1.21 bits per heavy atom. The van der Waals surface area contributed by atoms with Crippen LogP contribution in [-0.4, -0.2) is 23.8 Å². The summed E-state index contributed by atoms with van der Waals surface area (Å²) < 4.78 is 5.04. The summed E-state index contributed by atoms with van der Waals surface area (Å²) in [6.07, 6.45) is 17.8. The minimum atomic E-state index is -0.572. The molecule has 0 spiro atoms. The van der Waals surface area contributed by atoms with E-state index in [1.165, 1.54) is 77.0 Å². The summed E-state index contributed by atoms with van der Waals surface area (Å²) in [5, 5.41) is 9.10. The Bertz CT molecular complexity index is 276. The van der Waals surface area contributed by atoms with Crippen LogP contribution in [0, 0.1) is 5.92 Å². The molecular weight excluding hydrogens is 300 g/mol. The topological polar surface area (TPSA) is 46.5 Å². The Morgan fingerprint density at radius 3 is 1.62 bits per heavy atom. The maximum absolute atomic E-state index is 11.7. The number of aliphatic hydroxyl groups excluding tert-OH is 1. The van der Waals surface area contributed by atoms with Crippen molar-refractivity contribution in [3.63, 3.8) is 0 Å². The second kappa shape index (κ2) is 17.3. The summed E-state index contributed by atoms with van der Waals surface area (Å²) in [5.74, 6) is -0.216. The molecule has 0 aliphatic carbocycles. The normalized spacial score (nSPS) is 13.7. The van der Waals surface area contributed by atoms with Crippen molar-refractivity contribution >= 4 is 5.97 Å². The molecule has 0 rings (SSSR count). The van der Waals surface area contributed by atoms with E-state index in [2.05, 4.69) is 6.92 Å². The Kier molecular flexibility index (Phi) is 16.8. The molecule has 0 aliphatic rings. The maximum atomic E-state index is 11.7. The van der Waals surface area contributed by atoms with Gasteiger partial charge in [-0.2, -0.15) is 0 Å². The highest BCUT2D eigenvalue weighted by Crippen LogP contribution is 2.15. The number of hydrogen-bond donors (Lipinski definition) is 1. The first kappa shape index (κ1) is 23.4. The van der Waals surface area contributed by atoms with Crippen LogP contribution in [0.2, 0.25) is 0 Å². The van der Waals surface area contributed by atoms with Crippen LogP contribution in [0.15, 0.2) is 0 Å². The first-order valence-corrected chi connectivity index (χ1v) is 10.4. The van der Waals surface area contributed by atoms with Crippen molar-refractivity contribution in [3.8, 4) is 0 Å². The third-order valence-corrected chi connectivity index (χ3v) is 4.61. The lowest BCUT2D eigenvalue weighted by molar-refractivity contribution is -0.150. The molecule has 3 heteroatoms. The van der Waals surface area contributed by atoms with Crippen LogP contribution in [0.5, 0.6) is 0 Å². The fourth-order valence-corrected chi connectivity index (χ4v) is 2.93. The lowest BCUT2D eigenvalue weighted by Crippen LogP contribution is -2.20. The van der Waals surface area contributed by atoms with Gasteiger partial charge in [-0.3, -0.25) is 4.79 Å². The van der Waals surface area contributed by atoms with Gasteiger partial charge in [0.1, 0.15) is 6.61 Å². The molecule has 0 amide bonds. The van der Waals surface area contributed by atoms with Crippen LogP contribution in [-0.2, 0) is 9.53 Å². The highest BCUT2D eigenvalue weighted by atomic mass is 16.5. The second-order valence-corrected chi connectivity index (χ2v) is 7.41. The van der Waals surface area contributed by atoms with Gasteiger partial charge in [0.15, 0.2) is 0 Å². The molecule has 0 saturated heterocycles. The third kappa shape index (κ3) is 16.3. The smallest absolute Gasteiger partial charge is 0.308 e. The molecule has 24 heavy (non-hydrogen) atoms. The van der Waals surface area contributed by atoms with Crippen LogP contribution in [0.3, 0.4) is 0 Å². The number of unbranched alkanes of at least 4 members (excludes halogenated alkanes) is 12. The third-order valence-electron chi connectivity index (χ3n) is 4.61. The van der Waals surface area contributed by atoms with Crippen molar-refractivity contribution < 1.29 is 14.6 Å². The van der Waals surface area contributed by atoms with Gasteiger partial charge in [0.05, 0.1) is 12.0 Å². The lowest BCUT2D eigenvalue weighted by Gasteiger charge is -2.12. The van der Waals surface area contributed by atoms with Gasteiger partial charge in [-0.15, -0.1) is 0 Å². The Morgan fingerprint density at radius 1 is 0.792 bits per heavy atom. The van der Waals surface area contributed by atoms with Gasteiger partial charge < -0.3 is 9.84 Å². The molecule has 2 unspecified atom stereocenters. The van der Waals surface area contributed by atoms with Gasteiger partial charge in [0.25, 0.3) is 0 Å². The van der Waals surface area contributed by atoms with Gasteiger partial charge >= 0.3 is 5.97 Å². The molecule has 0 aliphatic heterocycles. The number of ether oxygens (including phenoxy) is 1. The van der Waals surface area contributed by atoms with Crippen LogP contribution >= 0.6 is 0 Å². The molecule has 0 aromatic rings. The first-order chi connectivity index (χ1) is 11.6. The van der Waals surface area contributed by atoms with Crippen molar-refractivity contribution in [2.24, 2.45) is 5.92 Å². The molecule has 0 aromatic carbocycles. The van der Waals surface area contributed by atoms with E-state index >= 15 is 0 Å². The molecule has 0 saturated carbocycles. The zero-order chi connectivity index (χ0) is 18.0. The van der Waals surface area contributed by atoms with E-state index in [-0.39, 0.29) is 18.5 Å². The van der Waals surface area contributed by atoms with Crippen molar-refractivity contribution in [2.75, 3.05) is 6.61 Å². The summed E-state index contributed by atoms with van der Waals surface area (Å²) in [5.41, 5.74) is 0. The molecule has 2 atom stereocenters. The van der Waals surface area contributed by atoms with Gasteiger partial charge in [-0.1, -0.05) is 97.3 Å². The first-order valence-electron chi connectivity index (χ1n) is 10.4. The highest BCUT2D eigenvalue weighted by molar-refractivity contribution is 5.71. The van der Waals surface area contributed by atoms with E-state index in [0.717, 1.165) is 12.8 Å². The summed E-state index contributed by atoms with van der Waals surface area (Å²) in [4.78, 5) is 11.7. The molecule has 3 nitrogen and oxygen atoms in total.